The summed E-state index contributed by atoms with van der Waals surface area (Å²) in [5.74, 6) is -0.935. The Morgan fingerprint density at radius 2 is 2.06 bits per heavy atom. The summed E-state index contributed by atoms with van der Waals surface area (Å²) in [7, 11) is 1.53. The minimum atomic E-state index is -1.05. The van der Waals surface area contributed by atoms with Gasteiger partial charge in [0.25, 0.3) is 0 Å². The maximum Gasteiger partial charge on any atom is 0.147 e. The van der Waals surface area contributed by atoms with E-state index in [9.17, 15) is 18.3 Å². The Bertz CT molecular complexity index is 1160. The number of nitrogens with one attached hydrogen (secondary N) is 1. The zero-order valence-corrected chi connectivity index (χ0v) is 18.3. The van der Waals surface area contributed by atoms with E-state index in [0.29, 0.717) is 23.2 Å². The van der Waals surface area contributed by atoms with Crippen LogP contribution in [0, 0.1) is 17.5 Å². The van der Waals surface area contributed by atoms with Crippen LogP contribution in [0.3, 0.4) is 0 Å². The molecule has 3 aromatic rings. The van der Waals surface area contributed by atoms with Crippen LogP contribution in [0.2, 0.25) is 0 Å². The molecule has 0 spiro atoms. The molecule has 1 saturated heterocycles. The van der Waals surface area contributed by atoms with Crippen LogP contribution in [-0.2, 0) is 0 Å². The number of methoxy groups -OCH3 is 1. The number of hydrogen-bond acceptors (Lipinski definition) is 5. The van der Waals surface area contributed by atoms with E-state index >= 15 is 0 Å². The molecule has 1 aliphatic rings. The summed E-state index contributed by atoms with van der Waals surface area (Å²) in [6, 6.07) is 8.65. The van der Waals surface area contributed by atoms with Crippen LogP contribution in [0.4, 0.5) is 13.2 Å². The average molecular weight is 457 g/mol. The van der Waals surface area contributed by atoms with Crippen LogP contribution < -0.4 is 10.1 Å². The Labute approximate surface area is 190 Å². The van der Waals surface area contributed by atoms with Crippen molar-refractivity contribution < 1.29 is 23.0 Å². The third-order valence-corrected chi connectivity index (χ3v) is 5.89. The summed E-state index contributed by atoms with van der Waals surface area (Å²) >= 11 is 0. The number of fused-ring (bicyclic) bond motifs is 1. The number of aliphatic hydroxyl groups is 1. The van der Waals surface area contributed by atoms with Gasteiger partial charge in [-0.15, -0.1) is 0 Å². The molecular weight excluding hydrogens is 431 g/mol. The second-order valence-electron chi connectivity index (χ2n) is 8.14. The van der Waals surface area contributed by atoms with Gasteiger partial charge in [-0.2, -0.15) is 0 Å². The lowest BCUT2D eigenvalue weighted by Gasteiger charge is -2.19. The smallest absolute Gasteiger partial charge is 0.147 e. The van der Waals surface area contributed by atoms with E-state index in [1.165, 1.54) is 13.2 Å². The normalized spacial score (nSPS) is 17.8. The van der Waals surface area contributed by atoms with Crippen LogP contribution in [-0.4, -0.2) is 54.3 Å². The highest BCUT2D eigenvalue weighted by molar-refractivity contribution is 5.84. The van der Waals surface area contributed by atoms with Gasteiger partial charge >= 0.3 is 0 Å². The molecular formula is C25H26F3N3O2. The predicted molar refractivity (Wildman–Crippen MR) is 121 cm³/mol. The number of aromatic nitrogens is 1. The first-order valence-electron chi connectivity index (χ1n) is 10.8. The number of halogens is 3. The van der Waals surface area contributed by atoms with E-state index in [1.54, 1.807) is 30.4 Å². The molecule has 2 atom stereocenters. The first-order chi connectivity index (χ1) is 15.9. The van der Waals surface area contributed by atoms with Crippen molar-refractivity contribution in [2.24, 2.45) is 0 Å². The molecule has 5 nitrogen and oxygen atoms in total. The minimum Gasteiger partial charge on any atom is -0.497 e. The Kier molecular flexibility index (Phi) is 7.27. The number of benzene rings is 2. The molecule has 2 N–H and O–H groups in total. The van der Waals surface area contributed by atoms with Crippen molar-refractivity contribution in [3.8, 4) is 5.75 Å². The maximum absolute atomic E-state index is 14.5. The molecule has 2 aromatic carbocycles. The molecule has 0 saturated carbocycles. The molecule has 1 aromatic heterocycles. The molecule has 0 amide bonds. The number of likely N-dealkylation sites (tertiary alicyclic amines) is 1. The molecule has 4 rings (SSSR count). The maximum atomic E-state index is 14.5. The van der Waals surface area contributed by atoms with Crippen LogP contribution >= 0.6 is 0 Å². The quantitative estimate of drug-likeness (QED) is 0.534. The molecule has 0 bridgehead atoms. The number of rotatable bonds is 8. The zero-order chi connectivity index (χ0) is 23.4. The molecule has 0 radical (unpaired) electrons. The molecule has 1 fully saturated rings. The average Bonchev–Trinajstić information content (AvgIpc) is 3.27. The van der Waals surface area contributed by atoms with E-state index in [1.807, 2.05) is 0 Å². The highest BCUT2D eigenvalue weighted by atomic mass is 19.1. The van der Waals surface area contributed by atoms with Crippen molar-refractivity contribution in [3.05, 3.63) is 77.2 Å². The van der Waals surface area contributed by atoms with Gasteiger partial charge in [-0.1, -0.05) is 12.2 Å². The fraction of sp³-hybridized carbons (Fsp3) is 0.320. The Balaban J connectivity index is 1.33. The lowest BCUT2D eigenvalue weighted by molar-refractivity contribution is 0.167. The van der Waals surface area contributed by atoms with Gasteiger partial charge in [-0.25, -0.2) is 13.2 Å². The third-order valence-electron chi connectivity index (χ3n) is 5.89. The van der Waals surface area contributed by atoms with Gasteiger partial charge in [0, 0.05) is 48.7 Å². The van der Waals surface area contributed by atoms with E-state index in [-0.39, 0.29) is 23.7 Å². The Morgan fingerprint density at radius 1 is 1.21 bits per heavy atom. The van der Waals surface area contributed by atoms with Crippen molar-refractivity contribution in [1.82, 2.24) is 15.2 Å². The Hall–Kier alpha value is -2.94. The number of ether oxygens (including phenoxy) is 1. The second kappa shape index (κ2) is 10.3. The van der Waals surface area contributed by atoms with Crippen LogP contribution in [0.25, 0.3) is 17.0 Å². The van der Waals surface area contributed by atoms with E-state index in [2.05, 4.69) is 15.2 Å². The first-order valence-corrected chi connectivity index (χ1v) is 10.8. The number of hydrogen-bond donors (Lipinski definition) is 2. The van der Waals surface area contributed by atoms with E-state index in [0.717, 1.165) is 37.8 Å². The summed E-state index contributed by atoms with van der Waals surface area (Å²) in [5.41, 5.74) is 0.997. The van der Waals surface area contributed by atoms with Crippen LogP contribution in [0.15, 0.2) is 48.7 Å². The van der Waals surface area contributed by atoms with Crippen molar-refractivity contribution in [1.29, 1.82) is 0 Å². The number of aliphatic hydroxyl groups excluding tert-OH is 1. The summed E-state index contributed by atoms with van der Waals surface area (Å²) in [4.78, 5) is 6.26. The molecule has 0 aliphatic carbocycles. The predicted octanol–water partition coefficient (Wildman–Crippen LogP) is 4.07. The lowest BCUT2D eigenvalue weighted by Crippen LogP contribution is -2.35. The highest BCUT2D eigenvalue weighted by Gasteiger charge is 2.24. The van der Waals surface area contributed by atoms with Crippen molar-refractivity contribution in [3.63, 3.8) is 0 Å². The highest BCUT2D eigenvalue weighted by Crippen LogP contribution is 2.29. The van der Waals surface area contributed by atoms with Gasteiger partial charge in [0.05, 0.1) is 24.9 Å². The summed E-state index contributed by atoms with van der Waals surface area (Å²) in [6.45, 7) is 2.35. The zero-order valence-electron chi connectivity index (χ0n) is 18.3. The molecule has 2 unspecified atom stereocenters. The standard InChI is InChI=1S/C25H26F3N3O2/c1-33-19-5-7-23-20(12-19)25(22(28)13-30-23)24(32)14-29-18-8-10-31(15-18)9-2-3-16-11-17(26)4-6-21(16)27/h2-7,11-13,18,24,29,32H,8-10,14-15H2,1H3/b3-2+. The largest absolute Gasteiger partial charge is 0.497 e. The van der Waals surface area contributed by atoms with Crippen LogP contribution in [0.1, 0.15) is 23.7 Å². The van der Waals surface area contributed by atoms with E-state index < -0.39 is 23.6 Å². The van der Waals surface area contributed by atoms with Gasteiger partial charge in [-0.05, 0) is 42.8 Å². The molecule has 1 aliphatic heterocycles. The fourth-order valence-corrected chi connectivity index (χ4v) is 4.15. The topological polar surface area (TPSA) is 57.6 Å². The molecule has 33 heavy (non-hydrogen) atoms. The van der Waals surface area contributed by atoms with Gasteiger partial charge in [0.2, 0.25) is 0 Å². The van der Waals surface area contributed by atoms with Crippen molar-refractivity contribution >= 4 is 17.0 Å². The summed E-state index contributed by atoms with van der Waals surface area (Å²) in [5, 5.41) is 14.6. The number of nitrogens with zero attached hydrogens (tertiary/aromatic N) is 2. The van der Waals surface area contributed by atoms with Crippen molar-refractivity contribution in [2.45, 2.75) is 18.6 Å². The first kappa shape index (κ1) is 23.2. The SMILES string of the molecule is COc1ccc2ncc(F)c(C(O)CNC3CCN(C/C=C/c4cc(F)ccc4F)C3)c2c1. The van der Waals surface area contributed by atoms with Crippen LogP contribution in [0.5, 0.6) is 5.75 Å². The molecule has 174 valence electrons. The van der Waals surface area contributed by atoms with Gasteiger partial charge < -0.3 is 15.2 Å². The molecule has 8 heteroatoms. The second-order valence-corrected chi connectivity index (χ2v) is 8.14. The van der Waals surface area contributed by atoms with E-state index in [4.69, 9.17) is 4.74 Å². The third kappa shape index (κ3) is 5.52. The lowest BCUT2D eigenvalue weighted by atomic mass is 10.0. The van der Waals surface area contributed by atoms with Crippen molar-refractivity contribution in [2.75, 3.05) is 33.3 Å². The minimum absolute atomic E-state index is 0.129. The number of pyridine rings is 1. The monoisotopic (exact) mass is 457 g/mol. The molecule has 2 heterocycles. The Morgan fingerprint density at radius 3 is 2.88 bits per heavy atom. The van der Waals surface area contributed by atoms with Gasteiger partial charge in [0.1, 0.15) is 23.2 Å². The fourth-order valence-electron chi connectivity index (χ4n) is 4.15. The van der Waals surface area contributed by atoms with Gasteiger partial charge in [0.15, 0.2) is 0 Å². The summed E-state index contributed by atoms with van der Waals surface area (Å²) < 4.78 is 46.8. The summed E-state index contributed by atoms with van der Waals surface area (Å²) in [6.07, 6.45) is 4.32. The van der Waals surface area contributed by atoms with Gasteiger partial charge in [-0.3, -0.25) is 9.88 Å².